The molecule has 0 aliphatic carbocycles. The molecular weight excluding hydrogens is 340 g/mol. The highest BCUT2D eigenvalue weighted by Gasteiger charge is 2.19. The van der Waals surface area contributed by atoms with Gasteiger partial charge < -0.3 is 15.4 Å². The van der Waals surface area contributed by atoms with Crippen LogP contribution in [0.5, 0.6) is 5.75 Å². The highest BCUT2D eigenvalue weighted by atomic mass is 35.5. The summed E-state index contributed by atoms with van der Waals surface area (Å²) in [4.78, 5) is 25.8. The summed E-state index contributed by atoms with van der Waals surface area (Å²) in [5.41, 5.74) is 6.52. The number of amides is 2. The Kier molecular flexibility index (Phi) is 6.42. The fraction of sp³-hybridized carbons (Fsp3) is 0.263. The minimum atomic E-state index is -0.657. The molecule has 0 aromatic heterocycles. The molecule has 5 nitrogen and oxygen atoms in total. The molecule has 0 saturated carbocycles. The van der Waals surface area contributed by atoms with Gasteiger partial charge in [0, 0.05) is 17.6 Å². The third-order valence-electron chi connectivity index (χ3n) is 3.70. The van der Waals surface area contributed by atoms with Crippen LogP contribution in [0.25, 0.3) is 0 Å². The molecule has 0 unspecified atom stereocenters. The Morgan fingerprint density at radius 3 is 2.44 bits per heavy atom. The molecule has 0 saturated heterocycles. The maximum Gasteiger partial charge on any atom is 0.261 e. The zero-order chi connectivity index (χ0) is 18.4. The quantitative estimate of drug-likeness (QED) is 0.823. The normalized spacial score (nSPS) is 10.6. The van der Waals surface area contributed by atoms with E-state index in [9.17, 15) is 9.59 Å². The fourth-order valence-corrected chi connectivity index (χ4v) is 2.55. The second-order valence-corrected chi connectivity index (χ2v) is 6.33. The summed E-state index contributed by atoms with van der Waals surface area (Å²) in [6.45, 7) is 4.19. The molecule has 0 spiro atoms. The van der Waals surface area contributed by atoms with Gasteiger partial charge in [-0.2, -0.15) is 0 Å². The Morgan fingerprint density at radius 1 is 1.16 bits per heavy atom. The van der Waals surface area contributed by atoms with Gasteiger partial charge in [-0.1, -0.05) is 41.9 Å². The molecule has 2 aromatic carbocycles. The van der Waals surface area contributed by atoms with Crippen molar-refractivity contribution in [3.63, 3.8) is 0 Å². The van der Waals surface area contributed by atoms with E-state index in [-0.39, 0.29) is 29.9 Å². The monoisotopic (exact) mass is 360 g/mol. The van der Waals surface area contributed by atoms with E-state index in [2.05, 4.69) is 0 Å². The topological polar surface area (TPSA) is 72.6 Å². The van der Waals surface area contributed by atoms with Crippen molar-refractivity contribution in [3.05, 3.63) is 64.7 Å². The van der Waals surface area contributed by atoms with Gasteiger partial charge in [-0.25, -0.2) is 0 Å². The second-order valence-electron chi connectivity index (χ2n) is 5.89. The molecule has 0 aliphatic heterocycles. The fourth-order valence-electron chi connectivity index (χ4n) is 2.38. The number of primary amides is 1. The molecule has 2 aromatic rings. The van der Waals surface area contributed by atoms with E-state index in [1.54, 1.807) is 11.0 Å². The van der Waals surface area contributed by atoms with Gasteiger partial charge in [0.2, 0.25) is 0 Å². The van der Waals surface area contributed by atoms with Crippen molar-refractivity contribution in [2.24, 2.45) is 5.73 Å². The number of carbonyl (C=O) groups excluding carboxylic acids is 2. The average Bonchev–Trinajstić information content (AvgIpc) is 2.58. The molecule has 2 rings (SSSR count). The van der Waals surface area contributed by atoms with Crippen LogP contribution >= 0.6 is 11.6 Å². The lowest BCUT2D eigenvalue weighted by Crippen LogP contribution is -2.39. The van der Waals surface area contributed by atoms with Gasteiger partial charge in [-0.15, -0.1) is 0 Å². The van der Waals surface area contributed by atoms with Crippen molar-refractivity contribution in [1.82, 2.24) is 4.90 Å². The number of nitrogens with two attached hydrogens (primary N) is 1. The van der Waals surface area contributed by atoms with Gasteiger partial charge in [0.25, 0.3) is 11.8 Å². The Hall–Kier alpha value is -2.53. The molecule has 25 heavy (non-hydrogen) atoms. The molecule has 2 N–H and O–H groups in total. The van der Waals surface area contributed by atoms with Crippen LogP contribution in [0.4, 0.5) is 0 Å². The van der Waals surface area contributed by atoms with Crippen LogP contribution in [0.15, 0.2) is 48.5 Å². The number of hydrogen-bond acceptors (Lipinski definition) is 3. The number of ether oxygens (including phenoxy) is 1. The second kappa shape index (κ2) is 8.53. The minimum absolute atomic E-state index is 0.0112. The molecule has 0 atom stereocenters. The van der Waals surface area contributed by atoms with Crippen LogP contribution in [0, 0.1) is 0 Å². The molecule has 0 radical (unpaired) electrons. The largest absolute Gasteiger partial charge is 0.483 e. The summed E-state index contributed by atoms with van der Waals surface area (Å²) in [6, 6.07) is 14.3. The first-order valence-electron chi connectivity index (χ1n) is 7.94. The molecule has 0 bridgehead atoms. The van der Waals surface area contributed by atoms with Crippen molar-refractivity contribution in [3.8, 4) is 5.75 Å². The standard InChI is InChI=1S/C19H21ClN2O3/c1-13(2)22(11-14-6-4-3-5-7-14)18(23)12-25-17-9-8-15(20)10-16(17)19(21)24/h3-10,13H,11-12H2,1-2H3,(H2,21,24). The van der Waals surface area contributed by atoms with Crippen molar-refractivity contribution >= 4 is 23.4 Å². The summed E-state index contributed by atoms with van der Waals surface area (Å²) in [7, 11) is 0. The van der Waals surface area contributed by atoms with Gasteiger partial charge in [-0.05, 0) is 37.6 Å². The number of carbonyl (C=O) groups is 2. The predicted octanol–water partition coefficient (Wildman–Crippen LogP) is 3.25. The van der Waals surface area contributed by atoms with Gasteiger partial charge in [0.1, 0.15) is 5.75 Å². The zero-order valence-electron chi connectivity index (χ0n) is 14.2. The van der Waals surface area contributed by atoms with Gasteiger partial charge in [0.15, 0.2) is 6.61 Å². The van der Waals surface area contributed by atoms with Crippen molar-refractivity contribution in [1.29, 1.82) is 0 Å². The van der Waals surface area contributed by atoms with Crippen LogP contribution < -0.4 is 10.5 Å². The molecule has 6 heteroatoms. The Bertz CT molecular complexity index is 748. The summed E-state index contributed by atoms with van der Waals surface area (Å²) < 4.78 is 5.53. The highest BCUT2D eigenvalue weighted by molar-refractivity contribution is 6.31. The third kappa shape index (κ3) is 5.22. The highest BCUT2D eigenvalue weighted by Crippen LogP contribution is 2.22. The summed E-state index contributed by atoms with van der Waals surface area (Å²) in [5, 5.41) is 0.375. The van der Waals surface area contributed by atoms with Crippen molar-refractivity contribution in [2.75, 3.05) is 6.61 Å². The SMILES string of the molecule is CC(C)N(Cc1ccccc1)C(=O)COc1ccc(Cl)cc1C(N)=O. The van der Waals surface area contributed by atoms with Crippen LogP contribution in [-0.4, -0.2) is 29.4 Å². The van der Waals surface area contributed by atoms with Crippen LogP contribution in [0.3, 0.4) is 0 Å². The number of halogens is 1. The van der Waals surface area contributed by atoms with Gasteiger partial charge >= 0.3 is 0 Å². The molecule has 0 fully saturated rings. The van der Waals surface area contributed by atoms with Crippen LogP contribution in [0.2, 0.25) is 5.02 Å². The maximum atomic E-state index is 12.6. The van der Waals surface area contributed by atoms with E-state index >= 15 is 0 Å². The number of rotatable bonds is 7. The predicted molar refractivity (Wildman–Crippen MR) is 97.6 cm³/mol. The van der Waals surface area contributed by atoms with E-state index in [0.29, 0.717) is 11.6 Å². The minimum Gasteiger partial charge on any atom is -0.483 e. The first-order chi connectivity index (χ1) is 11.9. The Labute approximate surface area is 152 Å². The van der Waals surface area contributed by atoms with Crippen molar-refractivity contribution in [2.45, 2.75) is 26.4 Å². The lowest BCUT2D eigenvalue weighted by molar-refractivity contribution is -0.135. The molecule has 132 valence electrons. The Balaban J connectivity index is 2.08. The van der Waals surface area contributed by atoms with Crippen LogP contribution in [0.1, 0.15) is 29.8 Å². The lowest BCUT2D eigenvalue weighted by atomic mass is 10.2. The maximum absolute atomic E-state index is 12.6. The van der Waals surface area contributed by atoms with E-state index < -0.39 is 5.91 Å². The van der Waals surface area contributed by atoms with E-state index in [1.807, 2.05) is 44.2 Å². The smallest absolute Gasteiger partial charge is 0.261 e. The lowest BCUT2D eigenvalue weighted by Gasteiger charge is -2.27. The summed E-state index contributed by atoms with van der Waals surface area (Å²) in [5.74, 6) is -0.590. The number of nitrogens with zero attached hydrogens (tertiary/aromatic N) is 1. The Morgan fingerprint density at radius 2 is 1.84 bits per heavy atom. The number of benzene rings is 2. The first kappa shape index (κ1) is 18.8. The van der Waals surface area contributed by atoms with E-state index in [1.165, 1.54) is 12.1 Å². The summed E-state index contributed by atoms with van der Waals surface area (Å²) >= 11 is 5.87. The number of hydrogen-bond donors (Lipinski definition) is 1. The van der Waals surface area contributed by atoms with Gasteiger partial charge in [-0.3, -0.25) is 9.59 Å². The molecule has 2 amide bonds. The first-order valence-corrected chi connectivity index (χ1v) is 8.32. The molecule has 0 aliphatic rings. The van der Waals surface area contributed by atoms with E-state index in [4.69, 9.17) is 22.1 Å². The van der Waals surface area contributed by atoms with Gasteiger partial charge in [0.05, 0.1) is 5.56 Å². The zero-order valence-corrected chi connectivity index (χ0v) is 15.0. The molecular formula is C19H21ClN2O3. The van der Waals surface area contributed by atoms with Crippen molar-refractivity contribution < 1.29 is 14.3 Å². The third-order valence-corrected chi connectivity index (χ3v) is 3.93. The van der Waals surface area contributed by atoms with E-state index in [0.717, 1.165) is 5.56 Å². The summed E-state index contributed by atoms with van der Waals surface area (Å²) in [6.07, 6.45) is 0. The average molecular weight is 361 g/mol. The molecule has 0 heterocycles. The van der Waals surface area contributed by atoms with Crippen LogP contribution in [-0.2, 0) is 11.3 Å².